The zero-order chi connectivity index (χ0) is 23.5. The van der Waals surface area contributed by atoms with E-state index in [9.17, 15) is 28.5 Å². The maximum Gasteiger partial charge on any atom is 0.411 e. The van der Waals surface area contributed by atoms with Gasteiger partial charge in [-0.25, -0.2) is 0 Å². The van der Waals surface area contributed by atoms with E-state index in [2.05, 4.69) is 4.74 Å². The molecule has 0 aromatic heterocycles. The minimum Gasteiger partial charge on any atom is -0.494 e. The molecule has 0 aliphatic carbocycles. The maximum absolute atomic E-state index is 12.5. The van der Waals surface area contributed by atoms with Crippen LogP contribution in [0, 0.1) is 0 Å². The minimum atomic E-state index is -4.65. The third-order valence-corrected chi connectivity index (χ3v) is 5.38. The highest BCUT2D eigenvalue weighted by Gasteiger charge is 2.46. The van der Waals surface area contributed by atoms with Crippen molar-refractivity contribution in [3.8, 4) is 5.75 Å². The summed E-state index contributed by atoms with van der Waals surface area (Å²) in [5, 5.41) is 30.9. The number of hydrogen-bond donors (Lipinski definition) is 3. The molecule has 0 spiro atoms. The molecule has 1 aliphatic rings. The van der Waals surface area contributed by atoms with Crippen molar-refractivity contribution in [1.82, 2.24) is 0 Å². The molecule has 0 amide bonds. The van der Waals surface area contributed by atoms with Gasteiger partial charge in [0.15, 0.2) is 6.29 Å². The first-order valence-corrected chi connectivity index (χ1v) is 10.3. The lowest BCUT2D eigenvalue weighted by Gasteiger charge is -2.40. The Morgan fingerprint density at radius 3 is 2.31 bits per heavy atom. The van der Waals surface area contributed by atoms with Gasteiger partial charge in [0.1, 0.15) is 36.8 Å². The number of hydrogen-bond acceptors (Lipinski definition) is 6. The van der Waals surface area contributed by atoms with E-state index >= 15 is 0 Å². The van der Waals surface area contributed by atoms with Gasteiger partial charge in [0, 0.05) is 5.02 Å². The maximum atomic E-state index is 12.5. The van der Waals surface area contributed by atoms with Crippen molar-refractivity contribution >= 4 is 11.6 Å². The molecule has 2 aromatic carbocycles. The van der Waals surface area contributed by atoms with Gasteiger partial charge in [0.05, 0.1) is 6.61 Å². The van der Waals surface area contributed by atoms with E-state index in [1.807, 2.05) is 31.2 Å². The van der Waals surface area contributed by atoms with Gasteiger partial charge in [-0.05, 0) is 48.2 Å². The lowest BCUT2D eigenvalue weighted by atomic mass is 9.92. The summed E-state index contributed by atoms with van der Waals surface area (Å²) in [6.45, 7) is 0.759. The monoisotopic (exact) mass is 476 g/mol. The van der Waals surface area contributed by atoms with E-state index < -0.39 is 43.5 Å². The molecule has 0 bridgehead atoms. The summed E-state index contributed by atoms with van der Waals surface area (Å²) in [7, 11) is 0. The molecular formula is C22H24ClF3O6. The van der Waals surface area contributed by atoms with Gasteiger partial charge >= 0.3 is 6.18 Å². The average Bonchev–Trinajstić information content (AvgIpc) is 2.74. The molecule has 10 heteroatoms. The smallest absolute Gasteiger partial charge is 0.411 e. The molecule has 5 atom stereocenters. The second kappa shape index (κ2) is 10.4. The van der Waals surface area contributed by atoms with Crippen molar-refractivity contribution in [2.75, 3.05) is 13.2 Å². The highest BCUT2D eigenvalue weighted by Crippen LogP contribution is 2.35. The standard InChI is InChI=1S/C22H24ClF3O6/c1-2-30-15-6-3-12(4-7-15)9-14-10-13(5-8-16(14)23)20-18(28)17(27)19(29)21(32-20)31-11-22(24,25)26/h3-8,10,17-21,27-29H,2,9,11H2,1H3/t17-,18-,19+,20+,21?/m1/s1. The summed E-state index contributed by atoms with van der Waals surface area (Å²) < 4.78 is 53.0. The molecule has 1 heterocycles. The van der Waals surface area contributed by atoms with Crippen LogP contribution in [0.5, 0.6) is 5.75 Å². The van der Waals surface area contributed by atoms with Crippen LogP contribution in [0.2, 0.25) is 5.02 Å². The fourth-order valence-corrected chi connectivity index (χ4v) is 3.62. The minimum absolute atomic E-state index is 0.370. The summed E-state index contributed by atoms with van der Waals surface area (Å²) in [6.07, 6.45) is -12.4. The lowest BCUT2D eigenvalue weighted by molar-refractivity contribution is -0.318. The molecule has 1 aliphatic heterocycles. The highest BCUT2D eigenvalue weighted by molar-refractivity contribution is 6.31. The van der Waals surface area contributed by atoms with E-state index in [-0.39, 0.29) is 0 Å². The van der Waals surface area contributed by atoms with Crippen LogP contribution in [0.4, 0.5) is 13.2 Å². The first kappa shape index (κ1) is 24.8. The topological polar surface area (TPSA) is 88.4 Å². The van der Waals surface area contributed by atoms with E-state index in [4.69, 9.17) is 21.1 Å². The molecule has 1 fully saturated rings. The molecule has 1 saturated heterocycles. The second-order valence-corrected chi connectivity index (χ2v) is 7.83. The number of aliphatic hydroxyl groups excluding tert-OH is 3. The summed E-state index contributed by atoms with van der Waals surface area (Å²) in [6, 6.07) is 12.1. The summed E-state index contributed by atoms with van der Waals surface area (Å²) in [4.78, 5) is 0. The number of halogens is 4. The highest BCUT2D eigenvalue weighted by atomic mass is 35.5. The average molecular weight is 477 g/mol. The zero-order valence-electron chi connectivity index (χ0n) is 17.1. The largest absolute Gasteiger partial charge is 0.494 e. The van der Waals surface area contributed by atoms with Crippen LogP contribution in [0.3, 0.4) is 0 Å². The Kier molecular flexibility index (Phi) is 8.02. The first-order chi connectivity index (χ1) is 15.1. The number of aliphatic hydroxyl groups is 3. The third-order valence-electron chi connectivity index (χ3n) is 5.01. The number of rotatable bonds is 7. The molecule has 176 valence electrons. The van der Waals surface area contributed by atoms with Crippen molar-refractivity contribution in [3.05, 3.63) is 64.2 Å². The van der Waals surface area contributed by atoms with Gasteiger partial charge in [-0.1, -0.05) is 35.9 Å². The van der Waals surface area contributed by atoms with Crippen LogP contribution in [0.1, 0.15) is 29.7 Å². The predicted octanol–water partition coefficient (Wildman–Crippen LogP) is 3.39. The van der Waals surface area contributed by atoms with Gasteiger partial charge in [0.25, 0.3) is 0 Å². The SMILES string of the molecule is CCOc1ccc(Cc2cc([C@@H]3OC(OCC(F)(F)F)[C@@H](O)[C@H](O)[C@H]3O)ccc2Cl)cc1. The molecule has 2 aromatic rings. The van der Waals surface area contributed by atoms with E-state index in [1.54, 1.807) is 12.1 Å². The quantitative estimate of drug-likeness (QED) is 0.568. The van der Waals surface area contributed by atoms with Crippen LogP contribution >= 0.6 is 11.6 Å². The normalized spacial score (nSPS) is 26.2. The number of alkyl halides is 3. The van der Waals surface area contributed by atoms with Crippen molar-refractivity contribution in [2.24, 2.45) is 0 Å². The van der Waals surface area contributed by atoms with Crippen LogP contribution in [-0.2, 0) is 15.9 Å². The Labute approximate surface area is 188 Å². The molecule has 3 rings (SSSR count). The van der Waals surface area contributed by atoms with Gasteiger partial charge in [-0.15, -0.1) is 0 Å². The van der Waals surface area contributed by atoms with E-state index in [0.29, 0.717) is 29.2 Å². The fraction of sp³-hybridized carbons (Fsp3) is 0.455. The molecule has 0 saturated carbocycles. The summed E-state index contributed by atoms with van der Waals surface area (Å²) >= 11 is 6.32. The molecule has 1 unspecified atom stereocenters. The number of benzene rings is 2. The van der Waals surface area contributed by atoms with Gasteiger partial charge in [-0.3, -0.25) is 0 Å². The molecule has 0 radical (unpaired) electrons. The van der Waals surface area contributed by atoms with Crippen LogP contribution in [0.25, 0.3) is 0 Å². The molecule has 6 nitrogen and oxygen atoms in total. The molecular weight excluding hydrogens is 453 g/mol. The van der Waals surface area contributed by atoms with Crippen molar-refractivity contribution in [2.45, 2.75) is 50.2 Å². The Morgan fingerprint density at radius 1 is 1.00 bits per heavy atom. The van der Waals surface area contributed by atoms with Gasteiger partial charge in [-0.2, -0.15) is 13.2 Å². The third kappa shape index (κ3) is 6.12. The van der Waals surface area contributed by atoms with E-state index in [1.165, 1.54) is 6.07 Å². The van der Waals surface area contributed by atoms with Crippen LogP contribution in [0.15, 0.2) is 42.5 Å². The lowest BCUT2D eigenvalue weighted by Crippen LogP contribution is -2.55. The second-order valence-electron chi connectivity index (χ2n) is 7.43. The Bertz CT molecular complexity index is 892. The first-order valence-electron chi connectivity index (χ1n) is 9.97. The Balaban J connectivity index is 1.80. The molecule has 3 N–H and O–H groups in total. The van der Waals surface area contributed by atoms with Crippen molar-refractivity contribution in [1.29, 1.82) is 0 Å². The number of ether oxygens (including phenoxy) is 3. The van der Waals surface area contributed by atoms with Gasteiger partial charge in [0.2, 0.25) is 0 Å². The van der Waals surface area contributed by atoms with Crippen molar-refractivity contribution in [3.63, 3.8) is 0 Å². The fourth-order valence-electron chi connectivity index (χ4n) is 3.44. The summed E-state index contributed by atoms with van der Waals surface area (Å²) in [5.74, 6) is 0.729. The Hall–Kier alpha value is -1.88. The summed E-state index contributed by atoms with van der Waals surface area (Å²) in [5.41, 5.74) is 1.98. The van der Waals surface area contributed by atoms with E-state index in [0.717, 1.165) is 11.3 Å². The van der Waals surface area contributed by atoms with Crippen LogP contribution < -0.4 is 4.74 Å². The van der Waals surface area contributed by atoms with Crippen LogP contribution in [-0.4, -0.2) is 59.3 Å². The zero-order valence-corrected chi connectivity index (χ0v) is 17.9. The predicted molar refractivity (Wildman–Crippen MR) is 110 cm³/mol. The van der Waals surface area contributed by atoms with Crippen molar-refractivity contribution < 1.29 is 42.7 Å². The van der Waals surface area contributed by atoms with Gasteiger partial charge < -0.3 is 29.5 Å². The Morgan fingerprint density at radius 2 is 1.69 bits per heavy atom. The molecule has 32 heavy (non-hydrogen) atoms.